The molecule has 0 rings (SSSR count). The molecule has 0 aliphatic heterocycles. The number of phosphoric ester groups is 2. The van der Waals surface area contributed by atoms with Gasteiger partial charge in [0, 0.05) is 25.7 Å². The molecule has 0 fully saturated rings. The third-order valence-corrected chi connectivity index (χ3v) is 22.0. The molecule has 0 heterocycles. The Bertz CT molecular complexity index is 1960. The number of esters is 4. The van der Waals surface area contributed by atoms with Gasteiger partial charge in [0.25, 0.3) is 0 Å². The van der Waals surface area contributed by atoms with Crippen LogP contribution in [0.4, 0.5) is 0 Å². The lowest BCUT2D eigenvalue weighted by molar-refractivity contribution is -0.161. The number of carbonyl (C=O) groups is 4. The molecule has 0 radical (unpaired) electrons. The molecule has 17 nitrogen and oxygen atoms in total. The molecule has 103 heavy (non-hydrogen) atoms. The van der Waals surface area contributed by atoms with E-state index in [-0.39, 0.29) is 25.7 Å². The van der Waals surface area contributed by atoms with Crippen molar-refractivity contribution in [3.8, 4) is 0 Å². The summed E-state index contributed by atoms with van der Waals surface area (Å²) in [4.78, 5) is 73.2. The third-order valence-electron chi connectivity index (χ3n) is 20.1. The van der Waals surface area contributed by atoms with Crippen molar-refractivity contribution in [3.63, 3.8) is 0 Å². The molecule has 0 aromatic rings. The van der Waals surface area contributed by atoms with Gasteiger partial charge in [-0.2, -0.15) is 0 Å². The first kappa shape index (κ1) is 101. The minimum Gasteiger partial charge on any atom is -0.462 e. The van der Waals surface area contributed by atoms with E-state index in [4.69, 9.17) is 37.0 Å². The van der Waals surface area contributed by atoms with Gasteiger partial charge >= 0.3 is 39.5 Å². The zero-order chi connectivity index (χ0) is 75.5. The topological polar surface area (TPSA) is 237 Å². The molecule has 612 valence electrons. The second kappa shape index (κ2) is 76.8. The van der Waals surface area contributed by atoms with Crippen LogP contribution >= 0.6 is 15.6 Å². The summed E-state index contributed by atoms with van der Waals surface area (Å²) in [5, 5.41) is 10.7. The van der Waals surface area contributed by atoms with Gasteiger partial charge in [-0.05, 0) is 31.6 Å². The molecule has 0 aliphatic rings. The molecule has 3 N–H and O–H groups in total. The zero-order valence-electron chi connectivity index (χ0n) is 67.5. The monoisotopic (exact) mass is 1510 g/mol. The largest absolute Gasteiger partial charge is 0.472 e. The van der Waals surface area contributed by atoms with Crippen LogP contribution in [0.5, 0.6) is 0 Å². The SMILES string of the molecule is CCCCCCCCCCCCCCCCCCCCCCCC(=O)O[C@H](COC(=O)CCCCCCCCCCCCCCCCCCC)COP(=O)(O)OC[C@@H](O)COP(=O)(O)OC[C@@H](COC(=O)CCCCCCCCCCC(C)CC)OC(=O)CCCCCCCCCCCCCCC. The summed E-state index contributed by atoms with van der Waals surface area (Å²) < 4.78 is 68.8. The smallest absolute Gasteiger partial charge is 0.462 e. The number of hydrogen-bond acceptors (Lipinski definition) is 15. The average Bonchev–Trinajstić information content (AvgIpc) is 0.917. The zero-order valence-corrected chi connectivity index (χ0v) is 69.3. The van der Waals surface area contributed by atoms with Gasteiger partial charge in [0.1, 0.15) is 19.3 Å². The number of hydrogen-bond donors (Lipinski definition) is 3. The van der Waals surface area contributed by atoms with Crippen LogP contribution < -0.4 is 0 Å². The van der Waals surface area contributed by atoms with Gasteiger partial charge in [-0.25, -0.2) is 9.13 Å². The standard InChI is InChI=1S/C84H164O17P2/c1-6-10-13-16-19-22-25-28-30-32-33-34-35-37-39-42-45-48-55-60-65-70-84(89)100-79(73-94-81(86)67-62-57-52-46-43-41-38-36-31-29-26-23-20-17-14-11-7-2)75-98-102(90,91)96-71-78(85)72-97-103(92,93)99-76-80(74-95-82(87)68-63-58-53-50-49-51-56-61-66-77(5)9-4)101-83(88)69-64-59-54-47-44-40-27-24-21-18-15-12-8-3/h77-80,85H,6-76H2,1-5H3,(H,90,91)(H,92,93)/t77?,78-,79-,80-/m1/s1. The van der Waals surface area contributed by atoms with Crippen LogP contribution in [0.15, 0.2) is 0 Å². The van der Waals surface area contributed by atoms with E-state index in [0.717, 1.165) is 95.8 Å². The van der Waals surface area contributed by atoms with Gasteiger partial charge in [0.05, 0.1) is 26.4 Å². The van der Waals surface area contributed by atoms with Crippen molar-refractivity contribution < 1.29 is 80.2 Å². The molecule has 0 saturated heterocycles. The minimum absolute atomic E-state index is 0.108. The normalized spacial score (nSPS) is 14.1. The van der Waals surface area contributed by atoms with Crippen LogP contribution in [0.25, 0.3) is 0 Å². The molecule has 0 aromatic heterocycles. The highest BCUT2D eigenvalue weighted by atomic mass is 31.2. The fourth-order valence-electron chi connectivity index (χ4n) is 13.1. The summed E-state index contributed by atoms with van der Waals surface area (Å²) in [7, 11) is -9.92. The summed E-state index contributed by atoms with van der Waals surface area (Å²) in [6.07, 6.45) is 69.4. The number of aliphatic hydroxyl groups is 1. The molecule has 0 spiro atoms. The van der Waals surface area contributed by atoms with E-state index in [1.54, 1.807) is 0 Å². The number of aliphatic hydroxyl groups excluding tert-OH is 1. The van der Waals surface area contributed by atoms with E-state index in [9.17, 15) is 43.2 Å². The second-order valence-corrected chi connectivity index (χ2v) is 33.4. The predicted molar refractivity (Wildman–Crippen MR) is 423 cm³/mol. The van der Waals surface area contributed by atoms with E-state index in [1.165, 1.54) is 276 Å². The molecule has 3 unspecified atom stereocenters. The van der Waals surface area contributed by atoms with Crippen LogP contribution in [0.2, 0.25) is 0 Å². The number of phosphoric acid groups is 2. The maximum Gasteiger partial charge on any atom is 0.472 e. The molecule has 0 aliphatic carbocycles. The third kappa shape index (κ3) is 76.6. The Hall–Kier alpha value is -1.94. The maximum atomic E-state index is 13.1. The van der Waals surface area contributed by atoms with E-state index < -0.39 is 97.5 Å². The lowest BCUT2D eigenvalue weighted by atomic mass is 9.99. The minimum atomic E-state index is -4.96. The molecule has 0 amide bonds. The van der Waals surface area contributed by atoms with Crippen LogP contribution in [-0.2, 0) is 65.4 Å². The van der Waals surface area contributed by atoms with E-state index in [1.807, 2.05) is 0 Å². The molecular formula is C84H164O17P2. The van der Waals surface area contributed by atoms with E-state index in [2.05, 4.69) is 34.6 Å². The Morgan fingerprint density at radius 2 is 0.466 bits per heavy atom. The van der Waals surface area contributed by atoms with E-state index >= 15 is 0 Å². The second-order valence-electron chi connectivity index (χ2n) is 30.5. The fourth-order valence-corrected chi connectivity index (χ4v) is 14.7. The van der Waals surface area contributed by atoms with Gasteiger partial charge in [0.15, 0.2) is 12.2 Å². The number of ether oxygens (including phenoxy) is 4. The first-order valence-corrected chi connectivity index (χ1v) is 46.7. The average molecular weight is 1510 g/mol. The van der Waals surface area contributed by atoms with Gasteiger partial charge in [-0.1, -0.05) is 401 Å². The van der Waals surface area contributed by atoms with Crippen molar-refractivity contribution in [2.45, 2.75) is 470 Å². The molecule has 6 atom stereocenters. The number of unbranched alkanes of at least 4 members (excludes halogenated alkanes) is 55. The lowest BCUT2D eigenvalue weighted by Crippen LogP contribution is -2.30. The van der Waals surface area contributed by atoms with Crippen LogP contribution in [0.3, 0.4) is 0 Å². The van der Waals surface area contributed by atoms with Gasteiger partial charge in [0.2, 0.25) is 0 Å². The summed E-state index contributed by atoms with van der Waals surface area (Å²) in [6.45, 7) is 7.35. The van der Waals surface area contributed by atoms with Crippen molar-refractivity contribution >= 4 is 39.5 Å². The molecule has 0 saturated carbocycles. The van der Waals surface area contributed by atoms with Crippen molar-refractivity contribution in [3.05, 3.63) is 0 Å². The van der Waals surface area contributed by atoms with Crippen molar-refractivity contribution in [2.24, 2.45) is 5.92 Å². The summed E-state index contributed by atoms with van der Waals surface area (Å²) in [5.74, 6) is -1.32. The number of rotatable bonds is 84. The molecule has 0 bridgehead atoms. The molecule has 0 aromatic carbocycles. The number of carbonyl (C=O) groups excluding carboxylic acids is 4. The van der Waals surface area contributed by atoms with Gasteiger partial charge in [-0.3, -0.25) is 37.3 Å². The molecule has 19 heteroatoms. The van der Waals surface area contributed by atoms with Crippen molar-refractivity contribution in [1.82, 2.24) is 0 Å². The Balaban J connectivity index is 5.24. The summed E-state index contributed by atoms with van der Waals surface area (Å²) in [6, 6.07) is 0. The summed E-state index contributed by atoms with van der Waals surface area (Å²) >= 11 is 0. The van der Waals surface area contributed by atoms with E-state index in [0.29, 0.717) is 25.7 Å². The Morgan fingerprint density at radius 1 is 0.272 bits per heavy atom. The quantitative estimate of drug-likeness (QED) is 0.0222. The predicted octanol–water partition coefficient (Wildman–Crippen LogP) is 25.6. The van der Waals surface area contributed by atoms with Crippen LogP contribution in [0.1, 0.15) is 452 Å². The highest BCUT2D eigenvalue weighted by Gasteiger charge is 2.30. The highest BCUT2D eigenvalue weighted by Crippen LogP contribution is 2.45. The maximum absolute atomic E-state index is 13.1. The Morgan fingerprint density at radius 3 is 0.689 bits per heavy atom. The van der Waals surface area contributed by atoms with Crippen molar-refractivity contribution in [2.75, 3.05) is 39.6 Å². The van der Waals surface area contributed by atoms with Gasteiger partial charge in [-0.15, -0.1) is 0 Å². The first-order chi connectivity index (χ1) is 50.1. The summed E-state index contributed by atoms with van der Waals surface area (Å²) in [5.41, 5.74) is 0. The molecular weight excluding hydrogens is 1340 g/mol. The van der Waals surface area contributed by atoms with Gasteiger partial charge < -0.3 is 33.8 Å². The first-order valence-electron chi connectivity index (χ1n) is 43.7. The fraction of sp³-hybridized carbons (Fsp3) is 0.952. The Kier molecular flexibility index (Phi) is 75.4. The van der Waals surface area contributed by atoms with Crippen LogP contribution in [-0.4, -0.2) is 96.7 Å². The van der Waals surface area contributed by atoms with Crippen molar-refractivity contribution in [1.29, 1.82) is 0 Å². The Labute approximate surface area is 632 Å². The lowest BCUT2D eigenvalue weighted by Gasteiger charge is -2.21. The van der Waals surface area contributed by atoms with Crippen LogP contribution in [0, 0.1) is 5.92 Å². The highest BCUT2D eigenvalue weighted by molar-refractivity contribution is 7.47.